The summed E-state index contributed by atoms with van der Waals surface area (Å²) >= 11 is 0. The molecule has 0 unspecified atom stereocenters. The van der Waals surface area contributed by atoms with Crippen molar-refractivity contribution in [3.8, 4) is 0 Å². The summed E-state index contributed by atoms with van der Waals surface area (Å²) in [4.78, 5) is 19.8. The van der Waals surface area contributed by atoms with Gasteiger partial charge in [0.25, 0.3) is 5.91 Å². The number of benzene rings is 1. The Morgan fingerprint density at radius 3 is 2.57 bits per heavy atom. The Bertz CT molecular complexity index is 628. The molecule has 110 valence electrons. The minimum Gasteiger partial charge on any atom is -0.352 e. The second kappa shape index (κ2) is 6.74. The molecule has 0 aliphatic rings. The summed E-state index contributed by atoms with van der Waals surface area (Å²) < 4.78 is 26.8. The van der Waals surface area contributed by atoms with E-state index >= 15 is 0 Å². The van der Waals surface area contributed by atoms with Crippen LogP contribution in [0.1, 0.15) is 16.1 Å². The van der Waals surface area contributed by atoms with Crippen LogP contribution in [0.3, 0.4) is 0 Å². The number of rotatable bonds is 5. The average Bonchev–Trinajstić information content (AvgIpc) is 2.43. The van der Waals surface area contributed by atoms with E-state index in [4.69, 9.17) is 0 Å². The molecular weight excluding hydrogens is 278 g/mol. The number of halogens is 2. The van der Waals surface area contributed by atoms with Gasteiger partial charge in [-0.15, -0.1) is 0 Å². The number of aryl methyl sites for hydroxylation is 1. The molecule has 2 rings (SSSR count). The molecule has 1 heterocycles. The standard InChI is InChI=1S/C14H14F2N4O/c1-9-5-6-18-14(20-9)19-8-7-17-13(21)12-10(15)3-2-4-11(12)16/h2-6H,7-8H2,1H3,(H,17,21)(H,18,19,20). The maximum Gasteiger partial charge on any atom is 0.257 e. The second-order valence-electron chi connectivity index (χ2n) is 4.30. The summed E-state index contributed by atoms with van der Waals surface area (Å²) in [6.45, 7) is 2.35. The zero-order chi connectivity index (χ0) is 15.2. The van der Waals surface area contributed by atoms with E-state index in [1.54, 1.807) is 12.3 Å². The minimum absolute atomic E-state index is 0.184. The van der Waals surface area contributed by atoms with Crippen LogP contribution in [0.25, 0.3) is 0 Å². The van der Waals surface area contributed by atoms with E-state index in [1.165, 1.54) is 6.07 Å². The van der Waals surface area contributed by atoms with Crippen LogP contribution >= 0.6 is 0 Å². The maximum absolute atomic E-state index is 13.4. The highest BCUT2D eigenvalue weighted by Gasteiger charge is 2.16. The Hall–Kier alpha value is -2.57. The van der Waals surface area contributed by atoms with Gasteiger partial charge < -0.3 is 10.6 Å². The van der Waals surface area contributed by atoms with Gasteiger partial charge in [0.05, 0.1) is 0 Å². The molecule has 0 atom stereocenters. The molecule has 2 N–H and O–H groups in total. The highest BCUT2D eigenvalue weighted by atomic mass is 19.1. The SMILES string of the molecule is Cc1ccnc(NCCNC(=O)c2c(F)cccc2F)n1. The van der Waals surface area contributed by atoms with Crippen molar-refractivity contribution in [1.29, 1.82) is 0 Å². The summed E-state index contributed by atoms with van der Waals surface area (Å²) in [6, 6.07) is 5.04. The third-order valence-electron chi connectivity index (χ3n) is 2.68. The number of carbonyl (C=O) groups is 1. The molecule has 1 aromatic carbocycles. The zero-order valence-corrected chi connectivity index (χ0v) is 11.4. The average molecular weight is 292 g/mol. The number of hydrogen-bond donors (Lipinski definition) is 2. The number of amides is 1. The van der Waals surface area contributed by atoms with E-state index in [0.717, 1.165) is 17.8 Å². The maximum atomic E-state index is 13.4. The first-order valence-corrected chi connectivity index (χ1v) is 6.33. The van der Waals surface area contributed by atoms with Crippen molar-refractivity contribution in [3.05, 3.63) is 53.4 Å². The third kappa shape index (κ3) is 3.95. The van der Waals surface area contributed by atoms with Gasteiger partial charge in [0.15, 0.2) is 0 Å². The van der Waals surface area contributed by atoms with Gasteiger partial charge in [-0.25, -0.2) is 18.7 Å². The van der Waals surface area contributed by atoms with E-state index in [1.807, 2.05) is 6.92 Å². The molecule has 0 aliphatic heterocycles. The van der Waals surface area contributed by atoms with Crippen LogP contribution in [0, 0.1) is 18.6 Å². The van der Waals surface area contributed by atoms with Gasteiger partial charge in [0.2, 0.25) is 5.95 Å². The van der Waals surface area contributed by atoms with Crippen LogP contribution < -0.4 is 10.6 Å². The first-order chi connectivity index (χ1) is 10.1. The van der Waals surface area contributed by atoms with Gasteiger partial charge in [-0.2, -0.15) is 0 Å². The van der Waals surface area contributed by atoms with Crippen LogP contribution in [0.2, 0.25) is 0 Å². The van der Waals surface area contributed by atoms with Crippen LogP contribution in [-0.2, 0) is 0 Å². The Labute approximate surface area is 120 Å². The number of hydrogen-bond acceptors (Lipinski definition) is 4. The Morgan fingerprint density at radius 2 is 1.90 bits per heavy atom. The molecule has 5 nitrogen and oxygen atoms in total. The fourth-order valence-electron chi connectivity index (χ4n) is 1.69. The fourth-order valence-corrected chi connectivity index (χ4v) is 1.69. The Balaban J connectivity index is 1.85. The highest BCUT2D eigenvalue weighted by Crippen LogP contribution is 2.11. The smallest absolute Gasteiger partial charge is 0.257 e. The highest BCUT2D eigenvalue weighted by molar-refractivity contribution is 5.94. The van der Waals surface area contributed by atoms with Crippen molar-refractivity contribution in [3.63, 3.8) is 0 Å². The first-order valence-electron chi connectivity index (χ1n) is 6.33. The molecule has 0 fully saturated rings. The lowest BCUT2D eigenvalue weighted by molar-refractivity contribution is 0.0946. The molecule has 21 heavy (non-hydrogen) atoms. The molecule has 1 aromatic heterocycles. The number of nitrogens with one attached hydrogen (secondary N) is 2. The monoisotopic (exact) mass is 292 g/mol. The Morgan fingerprint density at radius 1 is 1.19 bits per heavy atom. The topological polar surface area (TPSA) is 66.9 Å². The van der Waals surface area contributed by atoms with E-state index in [9.17, 15) is 13.6 Å². The van der Waals surface area contributed by atoms with Gasteiger partial charge in [0, 0.05) is 25.0 Å². The molecule has 0 radical (unpaired) electrons. The minimum atomic E-state index is -0.887. The van der Waals surface area contributed by atoms with E-state index in [2.05, 4.69) is 20.6 Å². The molecule has 2 aromatic rings. The zero-order valence-electron chi connectivity index (χ0n) is 11.4. The van der Waals surface area contributed by atoms with Crippen LogP contribution in [0.5, 0.6) is 0 Å². The molecule has 0 saturated heterocycles. The van der Waals surface area contributed by atoms with Crippen LogP contribution in [0.15, 0.2) is 30.5 Å². The second-order valence-corrected chi connectivity index (χ2v) is 4.30. The summed E-state index contributed by atoms with van der Waals surface area (Å²) in [5.74, 6) is -2.14. The Kier molecular flexibility index (Phi) is 4.76. The van der Waals surface area contributed by atoms with Crippen molar-refractivity contribution < 1.29 is 13.6 Å². The number of anilines is 1. The summed E-state index contributed by atoms with van der Waals surface area (Å²) in [5, 5.41) is 5.33. The van der Waals surface area contributed by atoms with Crippen molar-refractivity contribution in [2.45, 2.75) is 6.92 Å². The molecule has 0 saturated carbocycles. The van der Waals surface area contributed by atoms with Gasteiger partial charge in [-0.05, 0) is 25.1 Å². The molecule has 0 spiro atoms. The van der Waals surface area contributed by atoms with Crippen molar-refractivity contribution in [2.75, 3.05) is 18.4 Å². The summed E-state index contributed by atoms with van der Waals surface area (Å²) in [6.07, 6.45) is 1.61. The van der Waals surface area contributed by atoms with E-state index < -0.39 is 23.1 Å². The molecule has 1 amide bonds. The van der Waals surface area contributed by atoms with Crippen molar-refractivity contribution in [1.82, 2.24) is 15.3 Å². The van der Waals surface area contributed by atoms with Crippen LogP contribution in [-0.4, -0.2) is 29.0 Å². The van der Waals surface area contributed by atoms with E-state index in [-0.39, 0.29) is 6.54 Å². The normalized spacial score (nSPS) is 10.2. The van der Waals surface area contributed by atoms with Gasteiger partial charge >= 0.3 is 0 Å². The first kappa shape index (κ1) is 14.8. The van der Waals surface area contributed by atoms with Crippen molar-refractivity contribution >= 4 is 11.9 Å². The molecular formula is C14H14F2N4O. The van der Waals surface area contributed by atoms with Gasteiger partial charge in [0.1, 0.15) is 17.2 Å². The van der Waals surface area contributed by atoms with E-state index in [0.29, 0.717) is 12.5 Å². The summed E-state index contributed by atoms with van der Waals surface area (Å²) in [5.41, 5.74) is 0.231. The third-order valence-corrected chi connectivity index (χ3v) is 2.68. The number of carbonyl (C=O) groups excluding carboxylic acids is 1. The molecule has 0 aliphatic carbocycles. The van der Waals surface area contributed by atoms with Crippen LogP contribution in [0.4, 0.5) is 14.7 Å². The number of aromatic nitrogens is 2. The largest absolute Gasteiger partial charge is 0.352 e. The van der Waals surface area contributed by atoms with Gasteiger partial charge in [-0.1, -0.05) is 6.07 Å². The number of nitrogens with zero attached hydrogens (tertiary/aromatic N) is 2. The fraction of sp³-hybridized carbons (Fsp3) is 0.214. The lowest BCUT2D eigenvalue weighted by Gasteiger charge is -2.08. The van der Waals surface area contributed by atoms with Crippen molar-refractivity contribution in [2.24, 2.45) is 0 Å². The lowest BCUT2D eigenvalue weighted by atomic mass is 10.2. The predicted molar refractivity (Wildman–Crippen MR) is 73.9 cm³/mol. The lowest BCUT2D eigenvalue weighted by Crippen LogP contribution is -2.30. The quantitative estimate of drug-likeness (QED) is 0.826. The van der Waals surface area contributed by atoms with Gasteiger partial charge in [-0.3, -0.25) is 4.79 Å². The predicted octanol–water partition coefficient (Wildman–Crippen LogP) is 1.91. The molecule has 7 heteroatoms. The summed E-state index contributed by atoms with van der Waals surface area (Å²) in [7, 11) is 0. The molecule has 0 bridgehead atoms.